The van der Waals surface area contributed by atoms with Gasteiger partial charge in [-0.1, -0.05) is 0 Å². The van der Waals surface area contributed by atoms with Gasteiger partial charge >= 0.3 is 0 Å². The molecule has 0 aliphatic heterocycles. The minimum atomic E-state index is 0. The van der Waals surface area contributed by atoms with E-state index in [0.717, 1.165) is 0 Å². The fourth-order valence-electron chi connectivity index (χ4n) is 0. The molecule has 0 saturated heterocycles. The average molecular weight is 954 g/mol. The maximum atomic E-state index is 0. The molecule has 0 atom stereocenters. The molecule has 0 bridgehead atoms. The third-order valence-corrected chi connectivity index (χ3v) is 0. The summed E-state index contributed by atoms with van der Waals surface area (Å²) in [5, 5.41) is 0. The van der Waals surface area contributed by atoms with Gasteiger partial charge in [-0.05, 0) is 0 Å². The second-order valence-electron chi connectivity index (χ2n) is 0. The number of hydrogen-bond acceptors (Lipinski definition) is 0. The van der Waals surface area contributed by atoms with Crippen LogP contribution in [0, 0.1) is 232 Å². The molecule has 0 N–H and O–H groups in total. The molecule has 0 amide bonds. The summed E-state index contributed by atoms with van der Waals surface area (Å²) in [6.07, 6.45) is 0. The fraction of sp³-hybridized carbons (Fsp3) is 0. The Bertz CT molecular complexity index is 0. The monoisotopic (exact) mass is 954 g/mol. The smallest absolute Gasteiger partial charge is 0 e. The van der Waals surface area contributed by atoms with E-state index in [9.17, 15) is 0 Å². The van der Waals surface area contributed by atoms with Gasteiger partial charge in [0.05, 0.1) is 0 Å². The van der Waals surface area contributed by atoms with E-state index in [-0.39, 0.29) is 232 Å². The van der Waals surface area contributed by atoms with E-state index in [1.54, 1.807) is 0 Å². The van der Waals surface area contributed by atoms with Crippen molar-refractivity contribution in [1.82, 2.24) is 0 Å². The van der Waals surface area contributed by atoms with Crippen molar-refractivity contribution in [1.29, 1.82) is 0 Å². The van der Waals surface area contributed by atoms with E-state index in [1.165, 1.54) is 0 Å². The number of hydrogen-bond donors (Lipinski definition) is 0. The summed E-state index contributed by atoms with van der Waals surface area (Å²) in [7, 11) is 0. The van der Waals surface area contributed by atoms with Gasteiger partial charge in [0.25, 0.3) is 0 Å². The van der Waals surface area contributed by atoms with Crippen LogP contribution in [0.2, 0.25) is 0 Å². The van der Waals surface area contributed by atoms with Gasteiger partial charge in [-0.3, -0.25) is 0 Å². The van der Waals surface area contributed by atoms with Gasteiger partial charge in [0.2, 0.25) is 0 Å². The molecule has 0 unspecified atom stereocenters. The summed E-state index contributed by atoms with van der Waals surface area (Å²) in [4.78, 5) is 0. The summed E-state index contributed by atoms with van der Waals surface area (Å²) < 4.78 is 0. The largest absolute Gasteiger partial charge is 0 e. The SMILES string of the molecule is [Tb].[Tb].[Tb].[Tb].[Tb].[Tb]. The zero-order valence-electron chi connectivity index (χ0n) is 2.00. The van der Waals surface area contributed by atoms with Gasteiger partial charge in [-0.15, -0.1) is 0 Å². The van der Waals surface area contributed by atoms with Gasteiger partial charge in [0, 0.05) is 232 Å². The summed E-state index contributed by atoms with van der Waals surface area (Å²) in [6.45, 7) is 0. The van der Waals surface area contributed by atoms with Crippen LogP contribution in [0.1, 0.15) is 0 Å². The van der Waals surface area contributed by atoms with Gasteiger partial charge in [-0.25, -0.2) is 0 Å². The third kappa shape index (κ3) is 22.6. The molecule has 0 spiro atoms. The van der Waals surface area contributed by atoms with E-state index in [4.69, 9.17) is 0 Å². The third-order valence-electron chi connectivity index (χ3n) is 0. The van der Waals surface area contributed by atoms with Gasteiger partial charge < -0.3 is 0 Å². The van der Waals surface area contributed by atoms with Crippen molar-refractivity contribution in [3.05, 3.63) is 0 Å². The van der Waals surface area contributed by atoms with Crippen LogP contribution < -0.4 is 0 Å². The van der Waals surface area contributed by atoms with E-state index in [0.29, 0.717) is 0 Å². The van der Waals surface area contributed by atoms with Crippen LogP contribution in [0.4, 0.5) is 0 Å². The maximum Gasteiger partial charge on any atom is 0 e. The first-order chi connectivity index (χ1) is 0. The van der Waals surface area contributed by atoms with Crippen LogP contribution in [0.25, 0.3) is 0 Å². The molecule has 6 heavy (non-hydrogen) atoms. The predicted molar refractivity (Wildman–Crippen MR) is 0 cm³/mol. The Labute approximate surface area is 223 Å². The van der Waals surface area contributed by atoms with Crippen molar-refractivity contribution in [3.63, 3.8) is 0 Å². The molecule has 0 saturated carbocycles. The molecule has 6 radical (unpaired) electrons. The van der Waals surface area contributed by atoms with Crippen LogP contribution in [0.5, 0.6) is 0 Å². The molecule has 0 fully saturated rings. The Morgan fingerprint density at radius 3 is 0.167 bits per heavy atom. The standard InChI is InChI=1S/6Tb. The quantitative estimate of drug-likeness (QED) is 0.322. The first kappa shape index (κ1) is 37.3. The molecule has 0 aromatic rings. The molecular weight excluding hydrogens is 954 g/mol. The molecule has 0 aromatic carbocycles. The summed E-state index contributed by atoms with van der Waals surface area (Å²) in [5.74, 6) is 0. The Balaban J connectivity index is 0. The van der Waals surface area contributed by atoms with Crippen LogP contribution >= 0.6 is 0 Å². The van der Waals surface area contributed by atoms with Crippen molar-refractivity contribution >= 4 is 0 Å². The van der Waals surface area contributed by atoms with Crippen molar-refractivity contribution < 1.29 is 232 Å². The second-order valence-corrected chi connectivity index (χ2v) is 0. The van der Waals surface area contributed by atoms with Crippen LogP contribution in [0.3, 0.4) is 0 Å². The molecule has 0 rings (SSSR count). The van der Waals surface area contributed by atoms with Gasteiger partial charge in [0.15, 0.2) is 0 Å². The number of rotatable bonds is 0. The van der Waals surface area contributed by atoms with Crippen LogP contribution in [0.15, 0.2) is 0 Å². The first-order valence-corrected chi connectivity index (χ1v) is 0. The van der Waals surface area contributed by atoms with Crippen molar-refractivity contribution in [2.75, 3.05) is 0 Å². The molecule has 0 heterocycles. The molecule has 0 aliphatic rings. The zero-order chi connectivity index (χ0) is 0. The van der Waals surface area contributed by atoms with E-state index < -0.39 is 0 Å². The van der Waals surface area contributed by atoms with Crippen molar-refractivity contribution in [3.8, 4) is 0 Å². The molecule has 0 aromatic heterocycles. The van der Waals surface area contributed by atoms with E-state index >= 15 is 0 Å². The Morgan fingerprint density at radius 2 is 0.167 bits per heavy atom. The van der Waals surface area contributed by atoms with Gasteiger partial charge in [-0.2, -0.15) is 0 Å². The topological polar surface area (TPSA) is 0 Å². The van der Waals surface area contributed by atoms with E-state index in [2.05, 4.69) is 0 Å². The summed E-state index contributed by atoms with van der Waals surface area (Å²) in [6, 6.07) is 0. The molecule has 0 nitrogen and oxygen atoms in total. The van der Waals surface area contributed by atoms with Crippen molar-refractivity contribution in [2.24, 2.45) is 0 Å². The van der Waals surface area contributed by atoms with Gasteiger partial charge in [0.1, 0.15) is 0 Å². The normalized spacial score (nSPS) is 0. The first-order valence-electron chi connectivity index (χ1n) is 0. The molecule has 0 aliphatic carbocycles. The maximum absolute atomic E-state index is 0. The Morgan fingerprint density at radius 1 is 0.167 bits per heavy atom. The minimum absolute atomic E-state index is 0. The summed E-state index contributed by atoms with van der Waals surface area (Å²) in [5.41, 5.74) is 0. The average Bonchev–Trinajstić information content (AvgIpc) is 0. The Hall–Kier alpha value is 7.71. The van der Waals surface area contributed by atoms with Crippen LogP contribution in [-0.2, 0) is 0 Å². The van der Waals surface area contributed by atoms with Crippen molar-refractivity contribution in [2.45, 2.75) is 0 Å². The fourth-order valence-corrected chi connectivity index (χ4v) is 0. The molecule has 54 valence electrons. The second kappa shape index (κ2) is 29.3. The van der Waals surface area contributed by atoms with E-state index in [1.807, 2.05) is 0 Å². The predicted octanol–water partition coefficient (Wildman–Crippen LogP) is 0. The summed E-state index contributed by atoms with van der Waals surface area (Å²) >= 11 is 0. The Kier molecular flexibility index (Phi) is 182. The zero-order valence-corrected chi connectivity index (χ0v) is 14.8. The van der Waals surface area contributed by atoms with Crippen LogP contribution in [-0.4, -0.2) is 0 Å². The minimum Gasteiger partial charge on any atom is 0 e. The molecular formula is Tb6. The molecule has 6 heteroatoms.